The molecule has 0 spiro atoms. The molecule has 6 heteroatoms. The van der Waals surface area contributed by atoms with Gasteiger partial charge in [0.25, 0.3) is 5.91 Å². The van der Waals surface area contributed by atoms with Crippen molar-refractivity contribution in [1.29, 1.82) is 0 Å². The zero-order valence-corrected chi connectivity index (χ0v) is 16.4. The Balaban J connectivity index is 1.90. The lowest BCUT2D eigenvalue weighted by atomic mass is 9.93. The normalized spacial score (nSPS) is 14.0. The molecule has 146 valence electrons. The number of benzene rings is 2. The number of rotatable bonds is 4. The summed E-state index contributed by atoms with van der Waals surface area (Å²) < 4.78 is 19.1. The van der Waals surface area contributed by atoms with Crippen molar-refractivity contribution in [3.63, 3.8) is 0 Å². The molecule has 0 saturated heterocycles. The molecule has 5 nitrogen and oxygen atoms in total. The van der Waals surface area contributed by atoms with Crippen molar-refractivity contribution in [2.24, 2.45) is 5.92 Å². The minimum atomic E-state index is -0.317. The Bertz CT molecular complexity index is 966. The van der Waals surface area contributed by atoms with Crippen molar-refractivity contribution in [1.82, 2.24) is 0 Å². The molecule has 0 radical (unpaired) electrons. The summed E-state index contributed by atoms with van der Waals surface area (Å²) in [4.78, 5) is 26.0. The van der Waals surface area contributed by atoms with Gasteiger partial charge in [0, 0.05) is 13.1 Å². The third kappa shape index (κ3) is 3.91. The summed E-state index contributed by atoms with van der Waals surface area (Å²) in [6.45, 7) is 5.58. The van der Waals surface area contributed by atoms with E-state index in [2.05, 4.69) is 5.32 Å². The number of amides is 2. The molecule has 3 rings (SSSR count). The minimum absolute atomic E-state index is 0.0697. The molecule has 1 N–H and O–H groups in total. The average molecular weight is 382 g/mol. The number of likely N-dealkylation sites (N-methyl/N-ethyl adjacent to an activating group) is 1. The van der Waals surface area contributed by atoms with E-state index in [9.17, 15) is 14.0 Å². The first-order chi connectivity index (χ1) is 13.3. The molecule has 0 saturated carbocycles. The first kappa shape index (κ1) is 19.6. The van der Waals surface area contributed by atoms with Crippen molar-refractivity contribution in [2.45, 2.75) is 20.8 Å². The van der Waals surface area contributed by atoms with Crippen molar-refractivity contribution < 1.29 is 18.7 Å². The molecule has 1 aliphatic rings. The lowest BCUT2D eigenvalue weighted by molar-refractivity contribution is -0.120. The highest BCUT2D eigenvalue weighted by molar-refractivity contribution is 6.06. The second kappa shape index (κ2) is 7.84. The van der Waals surface area contributed by atoms with E-state index in [1.54, 1.807) is 44.3 Å². The molecule has 0 unspecified atom stereocenters. The van der Waals surface area contributed by atoms with E-state index in [1.807, 2.05) is 13.8 Å². The van der Waals surface area contributed by atoms with Crippen molar-refractivity contribution in [2.75, 3.05) is 23.9 Å². The summed E-state index contributed by atoms with van der Waals surface area (Å²) in [5.74, 6) is -0.203. The number of hydrogen-bond donors (Lipinski definition) is 1. The predicted molar refractivity (Wildman–Crippen MR) is 108 cm³/mol. The molecule has 0 aliphatic carbocycles. The number of ether oxygens (including phenoxy) is 1. The Labute approximate surface area is 163 Å². The highest BCUT2D eigenvalue weighted by atomic mass is 19.1. The smallest absolute Gasteiger partial charge is 0.264 e. The maximum Gasteiger partial charge on any atom is 0.264 e. The summed E-state index contributed by atoms with van der Waals surface area (Å²) in [6.07, 6.45) is 1.52. The fourth-order valence-corrected chi connectivity index (χ4v) is 3.12. The Morgan fingerprint density at radius 2 is 2.04 bits per heavy atom. The standard InChI is InChI=1S/C22H23FN2O3/c1-13(2)16(15-8-9-17(23)14(3)10-15)11-20(26)24-18-6-5-7-19-22(18)28-12-21(27)25(19)4/h5-11,13H,12H2,1-4H3,(H,24,26)/b16-11+. The summed E-state index contributed by atoms with van der Waals surface area (Å²) in [7, 11) is 1.67. The van der Waals surface area contributed by atoms with Crippen LogP contribution < -0.4 is 15.0 Å². The fourth-order valence-electron chi connectivity index (χ4n) is 3.12. The van der Waals surface area contributed by atoms with Crippen LogP contribution in [0.5, 0.6) is 5.75 Å². The van der Waals surface area contributed by atoms with Gasteiger partial charge >= 0.3 is 0 Å². The number of fused-ring (bicyclic) bond motifs is 1. The number of carbonyl (C=O) groups excluding carboxylic acids is 2. The molecule has 0 aromatic heterocycles. The Hall–Kier alpha value is -3.15. The summed E-state index contributed by atoms with van der Waals surface area (Å²) in [6, 6.07) is 10.1. The van der Waals surface area contributed by atoms with Crippen LogP contribution in [0.15, 0.2) is 42.5 Å². The first-order valence-electron chi connectivity index (χ1n) is 9.09. The lowest BCUT2D eigenvalue weighted by Crippen LogP contribution is -2.35. The molecule has 2 amide bonds. The number of aryl methyl sites for hydroxylation is 1. The van der Waals surface area contributed by atoms with Crippen molar-refractivity contribution in [3.05, 3.63) is 59.4 Å². The third-order valence-electron chi connectivity index (χ3n) is 4.73. The maximum atomic E-state index is 13.6. The second-order valence-corrected chi connectivity index (χ2v) is 7.10. The molecule has 0 fully saturated rings. The van der Waals surface area contributed by atoms with Crippen LogP contribution >= 0.6 is 0 Å². The van der Waals surface area contributed by atoms with Gasteiger partial charge in [0.2, 0.25) is 5.91 Å². The molecule has 2 aromatic rings. The van der Waals surface area contributed by atoms with E-state index in [0.29, 0.717) is 22.7 Å². The maximum absolute atomic E-state index is 13.6. The van der Waals surface area contributed by atoms with E-state index >= 15 is 0 Å². The average Bonchev–Trinajstić information content (AvgIpc) is 2.65. The van der Waals surface area contributed by atoms with Crippen LogP contribution in [0.25, 0.3) is 5.57 Å². The number of anilines is 2. The summed E-state index contributed by atoms with van der Waals surface area (Å²) in [5.41, 5.74) is 3.25. The van der Waals surface area contributed by atoms with Crippen LogP contribution in [0.1, 0.15) is 25.0 Å². The summed E-state index contributed by atoms with van der Waals surface area (Å²) in [5, 5.41) is 2.83. The highest BCUT2D eigenvalue weighted by Crippen LogP contribution is 2.38. The summed E-state index contributed by atoms with van der Waals surface area (Å²) >= 11 is 0. The van der Waals surface area contributed by atoms with Gasteiger partial charge in [0.15, 0.2) is 12.4 Å². The number of para-hydroxylation sites is 1. The van der Waals surface area contributed by atoms with E-state index in [1.165, 1.54) is 17.0 Å². The Morgan fingerprint density at radius 3 is 2.71 bits per heavy atom. The van der Waals surface area contributed by atoms with Crippen LogP contribution in [0.4, 0.5) is 15.8 Å². The van der Waals surface area contributed by atoms with Crippen LogP contribution in [0, 0.1) is 18.7 Å². The first-order valence-corrected chi connectivity index (χ1v) is 9.09. The number of halogens is 1. The van der Waals surface area contributed by atoms with Gasteiger partial charge in [0.1, 0.15) is 5.82 Å². The quantitative estimate of drug-likeness (QED) is 0.808. The van der Waals surface area contributed by atoms with Crippen LogP contribution in [-0.4, -0.2) is 25.5 Å². The predicted octanol–water partition coefficient (Wildman–Crippen LogP) is 4.17. The lowest BCUT2D eigenvalue weighted by Gasteiger charge is -2.27. The van der Waals surface area contributed by atoms with Crippen molar-refractivity contribution in [3.8, 4) is 5.75 Å². The van der Waals surface area contributed by atoms with Gasteiger partial charge in [-0.15, -0.1) is 0 Å². The monoisotopic (exact) mass is 382 g/mol. The number of carbonyl (C=O) groups is 2. The number of nitrogens with zero attached hydrogens (tertiary/aromatic N) is 1. The topological polar surface area (TPSA) is 58.6 Å². The third-order valence-corrected chi connectivity index (χ3v) is 4.73. The van der Waals surface area contributed by atoms with Crippen LogP contribution in [0.3, 0.4) is 0 Å². The number of hydrogen-bond acceptors (Lipinski definition) is 3. The number of nitrogens with one attached hydrogen (secondary N) is 1. The molecule has 0 atom stereocenters. The fraction of sp³-hybridized carbons (Fsp3) is 0.273. The molecule has 1 aliphatic heterocycles. The van der Waals surface area contributed by atoms with Gasteiger partial charge in [-0.25, -0.2) is 4.39 Å². The highest BCUT2D eigenvalue weighted by Gasteiger charge is 2.25. The number of allylic oxidation sites excluding steroid dienone is 1. The Morgan fingerprint density at radius 1 is 1.29 bits per heavy atom. The van der Waals surface area contributed by atoms with E-state index in [4.69, 9.17) is 4.74 Å². The van der Waals surface area contributed by atoms with Crippen molar-refractivity contribution >= 4 is 28.8 Å². The van der Waals surface area contributed by atoms with Gasteiger partial charge in [-0.3, -0.25) is 9.59 Å². The van der Waals surface area contributed by atoms with Gasteiger partial charge in [-0.1, -0.05) is 26.0 Å². The molecule has 2 aromatic carbocycles. The van der Waals surface area contributed by atoms with Crippen LogP contribution in [0.2, 0.25) is 0 Å². The zero-order chi connectivity index (χ0) is 20.4. The molecular formula is C22H23FN2O3. The minimum Gasteiger partial charge on any atom is -0.479 e. The largest absolute Gasteiger partial charge is 0.479 e. The Kier molecular flexibility index (Phi) is 5.49. The SMILES string of the molecule is Cc1cc(/C(=C/C(=O)Nc2cccc3c2OCC(=O)N3C)C(C)C)ccc1F. The van der Waals surface area contributed by atoms with E-state index in [0.717, 1.165) is 11.1 Å². The second-order valence-electron chi connectivity index (χ2n) is 7.10. The molecular weight excluding hydrogens is 359 g/mol. The molecule has 28 heavy (non-hydrogen) atoms. The van der Waals surface area contributed by atoms with Gasteiger partial charge in [-0.05, 0) is 53.8 Å². The zero-order valence-electron chi connectivity index (χ0n) is 16.4. The van der Waals surface area contributed by atoms with Gasteiger partial charge in [0.05, 0.1) is 11.4 Å². The van der Waals surface area contributed by atoms with E-state index in [-0.39, 0.29) is 30.2 Å². The van der Waals surface area contributed by atoms with E-state index < -0.39 is 0 Å². The van der Waals surface area contributed by atoms with Gasteiger partial charge in [-0.2, -0.15) is 0 Å². The molecule has 1 heterocycles. The van der Waals surface area contributed by atoms with Gasteiger partial charge < -0.3 is 15.0 Å². The molecule has 0 bridgehead atoms. The van der Waals surface area contributed by atoms with Crippen LogP contribution in [-0.2, 0) is 9.59 Å².